The van der Waals surface area contributed by atoms with Crippen LogP contribution in [-0.4, -0.2) is 14.5 Å². The Balaban J connectivity index is 1.82. The molecule has 4 nitrogen and oxygen atoms in total. The van der Waals surface area contributed by atoms with Crippen molar-refractivity contribution in [2.75, 3.05) is 0 Å². The standard InChI is InChI=1S/C12H18N4/c1-2-7-16-8-3-4-11(16)9-13-10-12-14-5-6-15-12/h3-6,8,13H,2,7,9-10H2,1H3,(H,14,15). The molecule has 0 radical (unpaired) electrons. The summed E-state index contributed by atoms with van der Waals surface area (Å²) < 4.78 is 2.29. The van der Waals surface area contributed by atoms with Crippen molar-refractivity contribution in [1.29, 1.82) is 0 Å². The van der Waals surface area contributed by atoms with Crippen LogP contribution in [0.4, 0.5) is 0 Å². The highest BCUT2D eigenvalue weighted by molar-refractivity contribution is 5.07. The maximum Gasteiger partial charge on any atom is 0.120 e. The number of imidazole rings is 1. The fraction of sp³-hybridized carbons (Fsp3) is 0.417. The second kappa shape index (κ2) is 5.51. The maximum atomic E-state index is 4.17. The van der Waals surface area contributed by atoms with Gasteiger partial charge in [0.05, 0.1) is 6.54 Å². The van der Waals surface area contributed by atoms with Crippen LogP contribution in [0.1, 0.15) is 24.9 Å². The lowest BCUT2D eigenvalue weighted by atomic mass is 10.4. The number of nitrogens with zero attached hydrogens (tertiary/aromatic N) is 2. The molecule has 16 heavy (non-hydrogen) atoms. The van der Waals surface area contributed by atoms with Gasteiger partial charge < -0.3 is 14.9 Å². The molecule has 0 fully saturated rings. The minimum Gasteiger partial charge on any atom is -0.350 e. The van der Waals surface area contributed by atoms with Crippen molar-refractivity contribution < 1.29 is 0 Å². The van der Waals surface area contributed by atoms with Gasteiger partial charge in [0.25, 0.3) is 0 Å². The Morgan fingerprint density at radius 3 is 3.12 bits per heavy atom. The number of aromatic nitrogens is 3. The molecule has 0 saturated carbocycles. The summed E-state index contributed by atoms with van der Waals surface area (Å²) in [7, 11) is 0. The summed E-state index contributed by atoms with van der Waals surface area (Å²) in [6.07, 6.45) is 6.92. The monoisotopic (exact) mass is 218 g/mol. The smallest absolute Gasteiger partial charge is 0.120 e. The third-order valence-electron chi connectivity index (χ3n) is 2.54. The molecule has 2 rings (SSSR count). The van der Waals surface area contributed by atoms with Crippen LogP contribution < -0.4 is 5.32 Å². The van der Waals surface area contributed by atoms with Gasteiger partial charge in [0.15, 0.2) is 0 Å². The Morgan fingerprint density at radius 1 is 1.44 bits per heavy atom. The zero-order valence-corrected chi connectivity index (χ0v) is 9.61. The molecular weight excluding hydrogens is 200 g/mol. The lowest BCUT2D eigenvalue weighted by Crippen LogP contribution is -2.16. The maximum absolute atomic E-state index is 4.17. The third kappa shape index (κ3) is 2.73. The average Bonchev–Trinajstić information content (AvgIpc) is 2.91. The van der Waals surface area contributed by atoms with E-state index < -0.39 is 0 Å². The van der Waals surface area contributed by atoms with Crippen molar-refractivity contribution in [3.63, 3.8) is 0 Å². The topological polar surface area (TPSA) is 45.6 Å². The zero-order chi connectivity index (χ0) is 11.2. The SMILES string of the molecule is CCCn1cccc1CNCc1ncc[nH]1. The number of H-pyrrole nitrogens is 1. The molecular formula is C12H18N4. The van der Waals surface area contributed by atoms with E-state index in [-0.39, 0.29) is 0 Å². The van der Waals surface area contributed by atoms with Gasteiger partial charge in [-0.1, -0.05) is 6.92 Å². The number of aryl methyl sites for hydroxylation is 1. The quantitative estimate of drug-likeness (QED) is 0.778. The van der Waals surface area contributed by atoms with Gasteiger partial charge >= 0.3 is 0 Å². The van der Waals surface area contributed by atoms with E-state index in [0.717, 1.165) is 25.5 Å². The summed E-state index contributed by atoms with van der Waals surface area (Å²) >= 11 is 0. The minimum absolute atomic E-state index is 0.782. The predicted octanol–water partition coefficient (Wildman–Crippen LogP) is 1.91. The largest absolute Gasteiger partial charge is 0.350 e. The van der Waals surface area contributed by atoms with Gasteiger partial charge in [-0.15, -0.1) is 0 Å². The zero-order valence-electron chi connectivity index (χ0n) is 9.61. The van der Waals surface area contributed by atoms with E-state index in [4.69, 9.17) is 0 Å². The van der Waals surface area contributed by atoms with Crippen molar-refractivity contribution in [3.05, 3.63) is 42.2 Å². The molecule has 4 heteroatoms. The fourth-order valence-electron chi connectivity index (χ4n) is 1.77. The lowest BCUT2D eigenvalue weighted by molar-refractivity contribution is 0.594. The van der Waals surface area contributed by atoms with Crippen LogP contribution in [0.5, 0.6) is 0 Å². The van der Waals surface area contributed by atoms with Gasteiger partial charge in [-0.25, -0.2) is 4.98 Å². The average molecular weight is 218 g/mol. The second-order valence-corrected chi connectivity index (χ2v) is 3.83. The highest BCUT2D eigenvalue weighted by atomic mass is 15.0. The van der Waals surface area contributed by atoms with Gasteiger partial charge in [0.1, 0.15) is 5.82 Å². The summed E-state index contributed by atoms with van der Waals surface area (Å²) in [5.74, 6) is 0.980. The molecule has 0 unspecified atom stereocenters. The first-order valence-electron chi connectivity index (χ1n) is 5.73. The highest BCUT2D eigenvalue weighted by Gasteiger charge is 2.00. The molecule has 0 bridgehead atoms. The molecule has 0 aromatic carbocycles. The first kappa shape index (κ1) is 11.0. The van der Waals surface area contributed by atoms with Gasteiger partial charge in [0, 0.05) is 37.4 Å². The van der Waals surface area contributed by atoms with Crippen LogP contribution in [0.3, 0.4) is 0 Å². The van der Waals surface area contributed by atoms with E-state index in [1.807, 2.05) is 6.20 Å². The van der Waals surface area contributed by atoms with E-state index in [0.29, 0.717) is 0 Å². The van der Waals surface area contributed by atoms with Crippen molar-refractivity contribution in [2.24, 2.45) is 0 Å². The van der Waals surface area contributed by atoms with Gasteiger partial charge in [0.2, 0.25) is 0 Å². The molecule has 86 valence electrons. The number of hydrogen-bond acceptors (Lipinski definition) is 2. The minimum atomic E-state index is 0.782. The summed E-state index contributed by atoms with van der Waals surface area (Å²) in [4.78, 5) is 7.25. The highest BCUT2D eigenvalue weighted by Crippen LogP contribution is 2.03. The Hall–Kier alpha value is -1.55. The van der Waals surface area contributed by atoms with Crippen LogP contribution in [0.2, 0.25) is 0 Å². The van der Waals surface area contributed by atoms with E-state index >= 15 is 0 Å². The number of hydrogen-bond donors (Lipinski definition) is 2. The second-order valence-electron chi connectivity index (χ2n) is 3.83. The molecule has 0 amide bonds. The predicted molar refractivity (Wildman–Crippen MR) is 63.9 cm³/mol. The normalized spacial score (nSPS) is 10.8. The van der Waals surface area contributed by atoms with Crippen molar-refractivity contribution in [1.82, 2.24) is 19.9 Å². The Bertz CT molecular complexity index is 402. The molecule has 0 aliphatic rings. The van der Waals surface area contributed by atoms with Crippen molar-refractivity contribution in [3.8, 4) is 0 Å². The van der Waals surface area contributed by atoms with E-state index in [1.165, 1.54) is 12.1 Å². The summed E-state index contributed by atoms with van der Waals surface area (Å²) in [6, 6.07) is 4.25. The van der Waals surface area contributed by atoms with Crippen molar-refractivity contribution >= 4 is 0 Å². The van der Waals surface area contributed by atoms with Crippen LogP contribution >= 0.6 is 0 Å². The van der Waals surface area contributed by atoms with Crippen molar-refractivity contribution in [2.45, 2.75) is 33.0 Å². The first-order chi connectivity index (χ1) is 7.90. The van der Waals surface area contributed by atoms with E-state index in [2.05, 4.69) is 45.1 Å². The molecule has 2 heterocycles. The van der Waals surface area contributed by atoms with Crippen LogP contribution in [-0.2, 0) is 19.6 Å². The molecule has 0 aliphatic carbocycles. The molecule has 0 atom stereocenters. The Morgan fingerprint density at radius 2 is 2.38 bits per heavy atom. The first-order valence-corrected chi connectivity index (χ1v) is 5.73. The lowest BCUT2D eigenvalue weighted by Gasteiger charge is -2.08. The van der Waals surface area contributed by atoms with Gasteiger partial charge in [-0.05, 0) is 18.6 Å². The van der Waals surface area contributed by atoms with Crippen LogP contribution in [0.15, 0.2) is 30.7 Å². The molecule has 0 saturated heterocycles. The number of rotatable bonds is 6. The molecule has 2 aromatic rings. The van der Waals surface area contributed by atoms with Crippen LogP contribution in [0, 0.1) is 0 Å². The van der Waals surface area contributed by atoms with E-state index in [1.54, 1.807) is 6.20 Å². The summed E-state index contributed by atoms with van der Waals surface area (Å²) in [5.41, 5.74) is 1.33. The fourth-order valence-corrected chi connectivity index (χ4v) is 1.77. The van der Waals surface area contributed by atoms with Gasteiger partial charge in [-0.2, -0.15) is 0 Å². The number of aromatic amines is 1. The number of nitrogens with one attached hydrogen (secondary N) is 2. The van der Waals surface area contributed by atoms with Gasteiger partial charge in [-0.3, -0.25) is 0 Å². The summed E-state index contributed by atoms with van der Waals surface area (Å²) in [5, 5.41) is 3.37. The van der Waals surface area contributed by atoms with Crippen LogP contribution in [0.25, 0.3) is 0 Å². The molecule has 2 N–H and O–H groups in total. The molecule has 0 spiro atoms. The Kier molecular flexibility index (Phi) is 3.77. The Labute approximate surface area is 95.7 Å². The molecule has 0 aliphatic heterocycles. The summed E-state index contributed by atoms with van der Waals surface area (Å²) in [6.45, 7) is 4.95. The molecule has 2 aromatic heterocycles. The third-order valence-corrected chi connectivity index (χ3v) is 2.54. The van der Waals surface area contributed by atoms with E-state index in [9.17, 15) is 0 Å².